The van der Waals surface area contributed by atoms with Crippen LogP contribution >= 0.6 is 0 Å². The van der Waals surface area contributed by atoms with E-state index in [0.717, 1.165) is 0 Å². The molecule has 1 aliphatic heterocycles. The summed E-state index contributed by atoms with van der Waals surface area (Å²) in [6.07, 6.45) is -5.69. The van der Waals surface area contributed by atoms with Crippen LogP contribution in [0.2, 0.25) is 0 Å². The number of amides is 2. The molecular weight excluding hydrogens is 391 g/mol. The van der Waals surface area contributed by atoms with Gasteiger partial charge >= 0.3 is 12.1 Å². The Kier molecular flexibility index (Phi) is 7.23. The van der Waals surface area contributed by atoms with Crippen molar-refractivity contribution < 1.29 is 32.3 Å². The first-order chi connectivity index (χ1) is 13.6. The summed E-state index contributed by atoms with van der Waals surface area (Å²) in [4.78, 5) is 38.8. The van der Waals surface area contributed by atoms with Crippen LogP contribution in [0, 0.1) is 5.92 Å². The van der Waals surface area contributed by atoms with E-state index in [4.69, 9.17) is 0 Å². The first-order valence-electron chi connectivity index (χ1n) is 9.16. The summed E-state index contributed by atoms with van der Waals surface area (Å²) < 4.78 is 45.9. The lowest BCUT2D eigenvalue weighted by molar-refractivity contribution is -0.158. The molecule has 10 heteroatoms. The molecule has 1 N–H and O–H groups in total. The number of ether oxygens (including phenoxy) is 1. The molecule has 160 valence electrons. The summed E-state index contributed by atoms with van der Waals surface area (Å²) in [7, 11) is 1.24. The van der Waals surface area contributed by atoms with E-state index in [-0.39, 0.29) is 24.5 Å². The minimum atomic E-state index is -4.79. The van der Waals surface area contributed by atoms with E-state index < -0.39 is 42.3 Å². The SMILES string of the molecule is CCN(CC(=O)N1c2ccccc2NC(=O)CC1C(F)(F)F)CC(C)C(=O)OC. The number of nitrogens with zero attached hydrogens (tertiary/aromatic N) is 2. The first-order valence-corrected chi connectivity index (χ1v) is 9.16. The lowest BCUT2D eigenvalue weighted by atomic mass is 10.1. The van der Waals surface area contributed by atoms with Crippen molar-refractivity contribution in [2.75, 3.05) is 37.0 Å². The number of esters is 1. The number of anilines is 2. The zero-order chi connectivity index (χ0) is 21.8. The van der Waals surface area contributed by atoms with Crippen molar-refractivity contribution in [3.05, 3.63) is 24.3 Å². The van der Waals surface area contributed by atoms with E-state index >= 15 is 0 Å². The lowest BCUT2D eigenvalue weighted by Gasteiger charge is -2.33. The lowest BCUT2D eigenvalue weighted by Crippen LogP contribution is -2.53. The van der Waals surface area contributed by atoms with E-state index in [1.807, 2.05) is 0 Å². The van der Waals surface area contributed by atoms with Crippen molar-refractivity contribution in [1.82, 2.24) is 4.90 Å². The minimum Gasteiger partial charge on any atom is -0.469 e. The van der Waals surface area contributed by atoms with Gasteiger partial charge in [-0.15, -0.1) is 0 Å². The van der Waals surface area contributed by atoms with Crippen LogP contribution < -0.4 is 10.2 Å². The summed E-state index contributed by atoms with van der Waals surface area (Å²) in [5.41, 5.74) is 0.131. The first kappa shape index (κ1) is 22.7. The maximum atomic E-state index is 13.7. The molecule has 2 atom stereocenters. The fourth-order valence-electron chi connectivity index (χ4n) is 3.23. The molecule has 1 aliphatic rings. The van der Waals surface area contributed by atoms with E-state index in [1.54, 1.807) is 24.8 Å². The number of methoxy groups -OCH3 is 1. The molecule has 1 heterocycles. The molecule has 0 spiro atoms. The second kappa shape index (κ2) is 9.25. The smallest absolute Gasteiger partial charge is 0.409 e. The third kappa shape index (κ3) is 5.47. The predicted octanol–water partition coefficient (Wildman–Crippen LogP) is 2.42. The molecule has 7 nitrogen and oxygen atoms in total. The number of nitrogens with one attached hydrogen (secondary N) is 1. The summed E-state index contributed by atoms with van der Waals surface area (Å²) in [6, 6.07) is 3.59. The van der Waals surface area contributed by atoms with Crippen molar-refractivity contribution in [3.63, 3.8) is 0 Å². The Morgan fingerprint density at radius 1 is 1.34 bits per heavy atom. The van der Waals surface area contributed by atoms with Crippen molar-refractivity contribution >= 4 is 29.2 Å². The fourth-order valence-corrected chi connectivity index (χ4v) is 3.23. The number of carbonyl (C=O) groups is 3. The van der Waals surface area contributed by atoms with Gasteiger partial charge in [0, 0.05) is 6.54 Å². The Bertz CT molecular complexity index is 769. The molecule has 29 heavy (non-hydrogen) atoms. The van der Waals surface area contributed by atoms with Crippen LogP contribution in [0.25, 0.3) is 0 Å². The number of carbonyl (C=O) groups excluding carboxylic acids is 3. The molecule has 0 radical (unpaired) electrons. The molecule has 2 amide bonds. The van der Waals surface area contributed by atoms with Gasteiger partial charge in [0.25, 0.3) is 0 Å². The standard InChI is InChI=1S/C19H24F3N3O4/c1-4-24(10-12(2)18(28)29-3)11-17(27)25-14-8-6-5-7-13(14)23-16(26)9-15(25)19(20,21)22/h5-8,12,15H,4,9-11H2,1-3H3,(H,23,26). The summed E-state index contributed by atoms with van der Waals surface area (Å²) in [5.74, 6) is -2.65. The molecule has 0 saturated carbocycles. The normalized spacial score (nSPS) is 18.0. The van der Waals surface area contributed by atoms with Gasteiger partial charge < -0.3 is 10.1 Å². The van der Waals surface area contributed by atoms with Crippen LogP contribution in [-0.4, -0.2) is 61.6 Å². The number of benzene rings is 1. The van der Waals surface area contributed by atoms with Crippen LogP contribution in [0.4, 0.5) is 24.5 Å². The zero-order valence-corrected chi connectivity index (χ0v) is 16.5. The number of rotatable bonds is 6. The molecule has 0 aliphatic carbocycles. The summed E-state index contributed by atoms with van der Waals surface area (Å²) in [5, 5.41) is 2.42. The molecule has 0 aromatic heterocycles. The molecule has 0 bridgehead atoms. The van der Waals surface area contributed by atoms with E-state index in [2.05, 4.69) is 10.1 Å². The van der Waals surface area contributed by atoms with Crippen molar-refractivity contribution in [1.29, 1.82) is 0 Å². The van der Waals surface area contributed by atoms with Gasteiger partial charge in [-0.25, -0.2) is 0 Å². The number of hydrogen-bond donors (Lipinski definition) is 1. The number of alkyl halides is 3. The molecule has 0 fully saturated rings. The van der Waals surface area contributed by atoms with Crippen LogP contribution in [0.1, 0.15) is 20.3 Å². The third-order valence-electron chi connectivity index (χ3n) is 4.72. The molecule has 0 saturated heterocycles. The number of likely N-dealkylation sites (N-methyl/N-ethyl adjacent to an activating group) is 1. The molecule has 2 unspecified atom stereocenters. The van der Waals surface area contributed by atoms with E-state index in [9.17, 15) is 27.6 Å². The van der Waals surface area contributed by atoms with Gasteiger partial charge in [0.05, 0.1) is 37.4 Å². The Hall–Kier alpha value is -2.62. The maximum Gasteiger partial charge on any atom is 0.409 e. The van der Waals surface area contributed by atoms with Gasteiger partial charge in [-0.2, -0.15) is 13.2 Å². The van der Waals surface area contributed by atoms with Gasteiger partial charge in [-0.3, -0.25) is 24.2 Å². The number of halogens is 3. The molecule has 1 aromatic rings. The van der Waals surface area contributed by atoms with E-state index in [0.29, 0.717) is 11.4 Å². The Morgan fingerprint density at radius 3 is 2.59 bits per heavy atom. The topological polar surface area (TPSA) is 79.0 Å². The highest BCUT2D eigenvalue weighted by Gasteiger charge is 2.49. The Labute approximate surface area is 166 Å². The van der Waals surface area contributed by atoms with Gasteiger partial charge in [0.1, 0.15) is 6.04 Å². The van der Waals surface area contributed by atoms with Crippen LogP contribution in [0.15, 0.2) is 24.3 Å². The summed E-state index contributed by atoms with van der Waals surface area (Å²) >= 11 is 0. The monoisotopic (exact) mass is 415 g/mol. The highest BCUT2D eigenvalue weighted by molar-refractivity contribution is 6.05. The van der Waals surface area contributed by atoms with E-state index in [1.165, 1.54) is 25.3 Å². The third-order valence-corrected chi connectivity index (χ3v) is 4.72. The quantitative estimate of drug-likeness (QED) is 0.722. The number of para-hydroxylation sites is 2. The highest BCUT2D eigenvalue weighted by Crippen LogP contribution is 2.37. The van der Waals surface area contributed by atoms with Crippen molar-refractivity contribution in [2.24, 2.45) is 5.92 Å². The minimum absolute atomic E-state index is 0.0113. The molecule has 1 aromatic carbocycles. The van der Waals surface area contributed by atoms with Gasteiger partial charge in [0.2, 0.25) is 11.8 Å². The zero-order valence-electron chi connectivity index (χ0n) is 16.5. The van der Waals surface area contributed by atoms with Crippen LogP contribution in [-0.2, 0) is 19.1 Å². The average molecular weight is 415 g/mol. The van der Waals surface area contributed by atoms with Crippen molar-refractivity contribution in [3.8, 4) is 0 Å². The Balaban J connectivity index is 2.35. The van der Waals surface area contributed by atoms with Crippen molar-refractivity contribution in [2.45, 2.75) is 32.5 Å². The highest BCUT2D eigenvalue weighted by atomic mass is 19.4. The number of hydrogen-bond acceptors (Lipinski definition) is 5. The molecule has 2 rings (SSSR count). The average Bonchev–Trinajstić information content (AvgIpc) is 2.81. The van der Waals surface area contributed by atoms with Crippen LogP contribution in [0.3, 0.4) is 0 Å². The second-order valence-corrected chi connectivity index (χ2v) is 6.84. The van der Waals surface area contributed by atoms with Crippen LogP contribution in [0.5, 0.6) is 0 Å². The fraction of sp³-hybridized carbons (Fsp3) is 0.526. The summed E-state index contributed by atoms with van der Waals surface area (Å²) in [6.45, 7) is 3.50. The predicted molar refractivity (Wildman–Crippen MR) is 100 cm³/mol. The molecular formula is C19H24F3N3O4. The van der Waals surface area contributed by atoms with Gasteiger partial charge in [-0.05, 0) is 18.7 Å². The second-order valence-electron chi connectivity index (χ2n) is 6.84. The van der Waals surface area contributed by atoms with Gasteiger partial charge in [0.15, 0.2) is 0 Å². The maximum absolute atomic E-state index is 13.7. The largest absolute Gasteiger partial charge is 0.469 e. The van der Waals surface area contributed by atoms with Gasteiger partial charge in [-0.1, -0.05) is 26.0 Å². The Morgan fingerprint density at radius 2 is 2.00 bits per heavy atom. The number of fused-ring (bicyclic) bond motifs is 1.